The SMILES string of the molecule is CCOC(=O)C1CCCCN1C(=O)NC(C)CCC(=O)O. The average Bonchev–Trinajstić information content (AvgIpc) is 2.45. The van der Waals surface area contributed by atoms with Crippen molar-refractivity contribution in [1.29, 1.82) is 0 Å². The molecule has 1 aliphatic rings. The molecule has 0 aromatic heterocycles. The minimum Gasteiger partial charge on any atom is -0.481 e. The first kappa shape index (κ1) is 17.3. The van der Waals surface area contributed by atoms with Crippen molar-refractivity contribution in [3.63, 3.8) is 0 Å². The minimum absolute atomic E-state index is 0.00273. The second-order valence-corrected chi connectivity index (χ2v) is 5.24. The van der Waals surface area contributed by atoms with Crippen molar-refractivity contribution < 1.29 is 24.2 Å². The van der Waals surface area contributed by atoms with Crippen molar-refractivity contribution in [3.8, 4) is 0 Å². The Hall–Kier alpha value is -1.79. The molecule has 1 aliphatic heterocycles. The number of carbonyl (C=O) groups is 3. The van der Waals surface area contributed by atoms with Crippen molar-refractivity contribution in [2.24, 2.45) is 0 Å². The standard InChI is InChI=1S/C14H24N2O5/c1-3-21-13(19)11-6-4-5-9-16(11)14(20)15-10(2)7-8-12(17)18/h10-11H,3-9H2,1-2H3,(H,15,20)(H,17,18). The van der Waals surface area contributed by atoms with Gasteiger partial charge in [-0.15, -0.1) is 0 Å². The van der Waals surface area contributed by atoms with E-state index >= 15 is 0 Å². The third-order valence-electron chi connectivity index (χ3n) is 3.48. The van der Waals surface area contributed by atoms with E-state index < -0.39 is 12.0 Å². The summed E-state index contributed by atoms with van der Waals surface area (Å²) in [6.07, 6.45) is 2.71. The number of nitrogens with one attached hydrogen (secondary N) is 1. The van der Waals surface area contributed by atoms with E-state index in [2.05, 4.69) is 5.32 Å². The second-order valence-electron chi connectivity index (χ2n) is 5.24. The highest BCUT2D eigenvalue weighted by Gasteiger charge is 2.33. The third kappa shape index (κ3) is 5.61. The molecule has 1 saturated heterocycles. The topological polar surface area (TPSA) is 95.9 Å². The van der Waals surface area contributed by atoms with Gasteiger partial charge >= 0.3 is 18.0 Å². The van der Waals surface area contributed by atoms with Gasteiger partial charge in [-0.3, -0.25) is 4.79 Å². The summed E-state index contributed by atoms with van der Waals surface area (Å²) >= 11 is 0. The van der Waals surface area contributed by atoms with Gasteiger partial charge in [-0.1, -0.05) is 0 Å². The predicted octanol–water partition coefficient (Wildman–Crippen LogP) is 1.37. The molecule has 2 atom stereocenters. The number of nitrogens with zero attached hydrogens (tertiary/aromatic N) is 1. The zero-order valence-corrected chi connectivity index (χ0v) is 12.6. The molecule has 2 N–H and O–H groups in total. The van der Waals surface area contributed by atoms with Crippen molar-refractivity contribution in [3.05, 3.63) is 0 Å². The Morgan fingerprint density at radius 1 is 1.38 bits per heavy atom. The highest BCUT2D eigenvalue weighted by Crippen LogP contribution is 2.18. The van der Waals surface area contributed by atoms with Gasteiger partial charge in [-0.05, 0) is 39.5 Å². The Morgan fingerprint density at radius 3 is 2.71 bits per heavy atom. The summed E-state index contributed by atoms with van der Waals surface area (Å²) in [6.45, 7) is 4.30. The lowest BCUT2D eigenvalue weighted by atomic mass is 10.0. The van der Waals surface area contributed by atoms with Crippen molar-refractivity contribution >= 4 is 18.0 Å². The Labute approximate surface area is 124 Å². The zero-order chi connectivity index (χ0) is 15.8. The first-order valence-electron chi connectivity index (χ1n) is 7.41. The number of ether oxygens (including phenoxy) is 1. The molecule has 1 heterocycles. The van der Waals surface area contributed by atoms with Gasteiger partial charge in [0.05, 0.1) is 6.61 Å². The normalized spacial score (nSPS) is 19.7. The smallest absolute Gasteiger partial charge is 0.328 e. The number of amides is 2. The van der Waals surface area contributed by atoms with Crippen LogP contribution in [-0.2, 0) is 14.3 Å². The minimum atomic E-state index is -0.890. The van der Waals surface area contributed by atoms with E-state index in [1.54, 1.807) is 13.8 Å². The number of carboxylic acid groups (broad SMARTS) is 1. The lowest BCUT2D eigenvalue weighted by Gasteiger charge is -2.34. The molecule has 2 amide bonds. The summed E-state index contributed by atoms with van der Waals surface area (Å²) in [4.78, 5) is 36.1. The van der Waals surface area contributed by atoms with Crippen LogP contribution in [0.1, 0.15) is 46.0 Å². The first-order valence-corrected chi connectivity index (χ1v) is 7.41. The maximum Gasteiger partial charge on any atom is 0.328 e. The lowest BCUT2D eigenvalue weighted by Crippen LogP contribution is -2.53. The molecule has 0 aromatic rings. The summed E-state index contributed by atoms with van der Waals surface area (Å²) in [5, 5.41) is 11.4. The fourth-order valence-corrected chi connectivity index (χ4v) is 2.36. The van der Waals surface area contributed by atoms with Crippen LogP contribution >= 0.6 is 0 Å². The maximum atomic E-state index is 12.2. The van der Waals surface area contributed by atoms with Crippen LogP contribution in [-0.4, -0.2) is 53.2 Å². The molecule has 0 aliphatic carbocycles. The number of carbonyl (C=O) groups excluding carboxylic acids is 2. The summed E-state index contributed by atoms with van der Waals surface area (Å²) in [5.41, 5.74) is 0. The van der Waals surface area contributed by atoms with Gasteiger partial charge in [0.1, 0.15) is 6.04 Å². The Balaban J connectivity index is 2.56. The molecule has 120 valence electrons. The van der Waals surface area contributed by atoms with Gasteiger partial charge in [0.25, 0.3) is 0 Å². The van der Waals surface area contributed by atoms with Crippen LogP contribution in [0.3, 0.4) is 0 Å². The van der Waals surface area contributed by atoms with E-state index in [-0.39, 0.29) is 24.5 Å². The average molecular weight is 300 g/mol. The van der Waals surface area contributed by atoms with Crippen LogP contribution in [0, 0.1) is 0 Å². The van der Waals surface area contributed by atoms with Crippen LogP contribution in [0.5, 0.6) is 0 Å². The van der Waals surface area contributed by atoms with Crippen molar-refractivity contribution in [2.75, 3.05) is 13.2 Å². The summed E-state index contributed by atoms with van der Waals surface area (Å²) in [7, 11) is 0. The molecule has 7 nitrogen and oxygen atoms in total. The predicted molar refractivity (Wildman–Crippen MR) is 75.8 cm³/mol. The van der Waals surface area contributed by atoms with E-state index in [0.29, 0.717) is 26.0 Å². The number of rotatable bonds is 6. The molecule has 0 bridgehead atoms. The molecular weight excluding hydrogens is 276 g/mol. The van der Waals surface area contributed by atoms with E-state index in [1.807, 2.05) is 0 Å². The fraction of sp³-hybridized carbons (Fsp3) is 0.786. The lowest BCUT2D eigenvalue weighted by molar-refractivity contribution is -0.149. The molecule has 1 fully saturated rings. The Morgan fingerprint density at radius 2 is 2.10 bits per heavy atom. The number of hydrogen-bond donors (Lipinski definition) is 2. The molecule has 0 radical (unpaired) electrons. The van der Waals surface area contributed by atoms with E-state index in [1.165, 1.54) is 4.90 Å². The van der Waals surface area contributed by atoms with E-state index in [4.69, 9.17) is 9.84 Å². The molecule has 7 heteroatoms. The van der Waals surface area contributed by atoms with Gasteiger partial charge in [-0.25, -0.2) is 9.59 Å². The maximum absolute atomic E-state index is 12.2. The summed E-state index contributed by atoms with van der Waals surface area (Å²) in [6, 6.07) is -1.12. The number of carboxylic acids is 1. The van der Waals surface area contributed by atoms with Crippen molar-refractivity contribution in [1.82, 2.24) is 10.2 Å². The van der Waals surface area contributed by atoms with Crippen LogP contribution in [0.2, 0.25) is 0 Å². The monoisotopic (exact) mass is 300 g/mol. The quantitative estimate of drug-likeness (QED) is 0.722. The summed E-state index contributed by atoms with van der Waals surface area (Å²) in [5.74, 6) is -1.26. The van der Waals surface area contributed by atoms with E-state index in [0.717, 1.165) is 12.8 Å². The Kier molecular flexibility index (Phi) is 6.98. The summed E-state index contributed by atoms with van der Waals surface area (Å²) < 4.78 is 5.01. The molecule has 0 aromatic carbocycles. The number of aliphatic carboxylic acids is 1. The van der Waals surface area contributed by atoms with Crippen LogP contribution in [0.25, 0.3) is 0 Å². The van der Waals surface area contributed by atoms with Crippen LogP contribution < -0.4 is 5.32 Å². The molecular formula is C14H24N2O5. The molecule has 1 rings (SSSR count). The molecule has 2 unspecified atom stereocenters. The van der Waals surface area contributed by atoms with Gasteiger partial charge < -0.3 is 20.1 Å². The first-order chi connectivity index (χ1) is 9.95. The van der Waals surface area contributed by atoms with Crippen LogP contribution in [0.15, 0.2) is 0 Å². The molecule has 21 heavy (non-hydrogen) atoms. The Bertz CT molecular complexity index is 386. The van der Waals surface area contributed by atoms with Crippen molar-refractivity contribution in [2.45, 2.75) is 58.0 Å². The van der Waals surface area contributed by atoms with Crippen LogP contribution in [0.4, 0.5) is 4.79 Å². The number of hydrogen-bond acceptors (Lipinski definition) is 4. The van der Waals surface area contributed by atoms with Gasteiger partial charge in [0.2, 0.25) is 0 Å². The van der Waals surface area contributed by atoms with Gasteiger partial charge in [0, 0.05) is 19.0 Å². The van der Waals surface area contributed by atoms with E-state index in [9.17, 15) is 14.4 Å². The second kappa shape index (κ2) is 8.49. The fourth-order valence-electron chi connectivity index (χ4n) is 2.36. The number of likely N-dealkylation sites (tertiary alicyclic amines) is 1. The van der Waals surface area contributed by atoms with Gasteiger partial charge in [-0.2, -0.15) is 0 Å². The highest BCUT2D eigenvalue weighted by molar-refractivity contribution is 5.84. The number of piperidine rings is 1. The zero-order valence-electron chi connectivity index (χ0n) is 12.6. The van der Waals surface area contributed by atoms with Gasteiger partial charge in [0.15, 0.2) is 0 Å². The number of esters is 1. The molecule has 0 saturated carbocycles. The molecule has 0 spiro atoms. The highest BCUT2D eigenvalue weighted by atomic mass is 16.5. The number of urea groups is 1. The third-order valence-corrected chi connectivity index (χ3v) is 3.48. The largest absolute Gasteiger partial charge is 0.481 e.